The Labute approximate surface area is 150 Å². The Morgan fingerprint density at radius 2 is 1.88 bits per heavy atom. The Morgan fingerprint density at radius 3 is 2.56 bits per heavy atom. The lowest BCUT2D eigenvalue weighted by Crippen LogP contribution is -2.11. The quantitative estimate of drug-likeness (QED) is 0.696. The molecule has 1 heterocycles. The molecule has 2 aromatic carbocycles. The minimum Gasteiger partial charge on any atom is -0.491 e. The van der Waals surface area contributed by atoms with Gasteiger partial charge in [-0.3, -0.25) is 10.1 Å². The summed E-state index contributed by atoms with van der Waals surface area (Å²) < 4.78 is 10.7. The van der Waals surface area contributed by atoms with Crippen LogP contribution in [0.1, 0.15) is 24.2 Å². The van der Waals surface area contributed by atoms with E-state index in [1.807, 2.05) is 32.0 Å². The maximum atomic E-state index is 12.3. The number of rotatable bonds is 5. The molecule has 0 aliphatic heterocycles. The Hall–Kier alpha value is -2.79. The highest BCUT2D eigenvalue weighted by molar-refractivity contribution is 6.33. The van der Waals surface area contributed by atoms with E-state index in [0.29, 0.717) is 22.0 Å². The van der Waals surface area contributed by atoms with Crippen LogP contribution in [0.15, 0.2) is 59.1 Å². The topological polar surface area (TPSA) is 64.4 Å². The van der Waals surface area contributed by atoms with Gasteiger partial charge in [-0.1, -0.05) is 35.0 Å². The first-order chi connectivity index (χ1) is 12.0. The summed E-state index contributed by atoms with van der Waals surface area (Å²) in [5.74, 6) is 0.674. The molecule has 6 heteroatoms. The molecule has 0 spiro atoms. The van der Waals surface area contributed by atoms with Gasteiger partial charge in [-0.05, 0) is 44.2 Å². The van der Waals surface area contributed by atoms with Crippen molar-refractivity contribution in [2.24, 2.45) is 0 Å². The first-order valence-corrected chi connectivity index (χ1v) is 8.20. The van der Waals surface area contributed by atoms with Crippen LogP contribution in [0, 0.1) is 0 Å². The van der Waals surface area contributed by atoms with Gasteiger partial charge in [-0.2, -0.15) is 0 Å². The molecule has 0 unspecified atom stereocenters. The first-order valence-electron chi connectivity index (χ1n) is 7.82. The minimum absolute atomic E-state index is 0.0806. The predicted molar refractivity (Wildman–Crippen MR) is 97.1 cm³/mol. The second-order valence-electron chi connectivity index (χ2n) is 5.70. The Morgan fingerprint density at radius 1 is 1.16 bits per heavy atom. The van der Waals surface area contributed by atoms with E-state index < -0.39 is 0 Å². The zero-order chi connectivity index (χ0) is 17.8. The molecule has 0 fully saturated rings. The molecule has 0 aliphatic carbocycles. The Bertz CT molecular complexity index is 872. The van der Waals surface area contributed by atoms with E-state index in [0.717, 1.165) is 5.56 Å². The van der Waals surface area contributed by atoms with Crippen LogP contribution >= 0.6 is 11.6 Å². The predicted octanol–water partition coefficient (Wildman–Crippen LogP) is 5.03. The summed E-state index contributed by atoms with van der Waals surface area (Å²) in [4.78, 5) is 12.3. The molecule has 5 nitrogen and oxygen atoms in total. The van der Waals surface area contributed by atoms with E-state index in [2.05, 4.69) is 10.5 Å². The van der Waals surface area contributed by atoms with Crippen molar-refractivity contribution >= 4 is 23.4 Å². The largest absolute Gasteiger partial charge is 0.491 e. The van der Waals surface area contributed by atoms with Crippen molar-refractivity contribution in [2.75, 3.05) is 5.32 Å². The molecule has 0 atom stereocenters. The van der Waals surface area contributed by atoms with E-state index in [1.54, 1.807) is 36.4 Å². The van der Waals surface area contributed by atoms with Crippen LogP contribution in [0.2, 0.25) is 5.02 Å². The highest BCUT2D eigenvalue weighted by atomic mass is 35.5. The normalized spacial score (nSPS) is 10.7. The molecule has 0 radical (unpaired) electrons. The third-order valence-corrected chi connectivity index (χ3v) is 3.71. The summed E-state index contributed by atoms with van der Waals surface area (Å²) in [5, 5.41) is 7.19. The molecule has 1 amide bonds. The summed E-state index contributed by atoms with van der Waals surface area (Å²) in [7, 11) is 0. The van der Waals surface area contributed by atoms with Crippen molar-refractivity contribution in [3.05, 3.63) is 65.2 Å². The number of amides is 1. The molecule has 1 N–H and O–H groups in total. The average Bonchev–Trinajstić information content (AvgIpc) is 3.03. The molecular formula is C19H17ClN2O3. The third kappa shape index (κ3) is 4.19. The van der Waals surface area contributed by atoms with E-state index in [-0.39, 0.29) is 17.9 Å². The van der Waals surface area contributed by atoms with Gasteiger partial charge in [0.1, 0.15) is 11.4 Å². The van der Waals surface area contributed by atoms with Gasteiger partial charge in [-0.25, -0.2) is 0 Å². The highest BCUT2D eigenvalue weighted by Crippen LogP contribution is 2.28. The molecule has 128 valence electrons. The number of hydrogen-bond donors (Lipinski definition) is 1. The smallest absolute Gasteiger partial charge is 0.258 e. The van der Waals surface area contributed by atoms with Crippen molar-refractivity contribution in [1.29, 1.82) is 0 Å². The van der Waals surface area contributed by atoms with Crippen LogP contribution in [0.25, 0.3) is 11.3 Å². The Kier molecular flexibility index (Phi) is 5.05. The van der Waals surface area contributed by atoms with Gasteiger partial charge in [0.25, 0.3) is 5.91 Å². The highest BCUT2D eigenvalue weighted by Gasteiger charge is 2.13. The Balaban J connectivity index is 1.70. The van der Waals surface area contributed by atoms with Gasteiger partial charge >= 0.3 is 0 Å². The van der Waals surface area contributed by atoms with Crippen molar-refractivity contribution in [1.82, 2.24) is 5.16 Å². The number of hydrogen-bond acceptors (Lipinski definition) is 4. The molecule has 0 saturated carbocycles. The molecule has 1 aromatic heterocycles. The molecule has 0 aliphatic rings. The van der Waals surface area contributed by atoms with Crippen LogP contribution in [0.3, 0.4) is 0 Å². The van der Waals surface area contributed by atoms with Gasteiger partial charge in [0, 0.05) is 17.2 Å². The molecule has 3 rings (SSSR count). The standard InChI is InChI=1S/C19H17ClN2O3/c1-12(2)24-14-9-7-13(8-10-14)19(23)21-18-11-17(22-25-18)15-5-3-4-6-16(15)20/h3-12H,1-2H3,(H,21,23). The van der Waals surface area contributed by atoms with Crippen LogP contribution in [-0.2, 0) is 0 Å². The summed E-state index contributed by atoms with van der Waals surface area (Å²) in [6, 6.07) is 15.8. The zero-order valence-electron chi connectivity index (χ0n) is 13.8. The molecule has 3 aromatic rings. The van der Waals surface area contributed by atoms with Gasteiger partial charge in [0.05, 0.1) is 11.1 Å². The fourth-order valence-corrected chi connectivity index (χ4v) is 2.50. The number of halogens is 1. The van der Waals surface area contributed by atoms with Gasteiger partial charge in [0.2, 0.25) is 5.88 Å². The monoisotopic (exact) mass is 356 g/mol. The van der Waals surface area contributed by atoms with Gasteiger partial charge in [-0.15, -0.1) is 0 Å². The summed E-state index contributed by atoms with van der Waals surface area (Å²) in [6.07, 6.45) is 0.0806. The van der Waals surface area contributed by atoms with Crippen molar-refractivity contribution in [2.45, 2.75) is 20.0 Å². The van der Waals surface area contributed by atoms with Crippen molar-refractivity contribution in [3.63, 3.8) is 0 Å². The number of anilines is 1. The fourth-order valence-electron chi connectivity index (χ4n) is 2.27. The first kappa shape index (κ1) is 17.0. The van der Waals surface area contributed by atoms with E-state index in [1.165, 1.54) is 0 Å². The number of nitrogens with one attached hydrogen (secondary N) is 1. The van der Waals surface area contributed by atoms with Crippen LogP contribution in [0.5, 0.6) is 5.75 Å². The fraction of sp³-hybridized carbons (Fsp3) is 0.158. The maximum Gasteiger partial charge on any atom is 0.258 e. The third-order valence-electron chi connectivity index (χ3n) is 3.38. The van der Waals surface area contributed by atoms with E-state index >= 15 is 0 Å². The van der Waals surface area contributed by atoms with E-state index in [9.17, 15) is 4.79 Å². The number of aromatic nitrogens is 1. The summed E-state index contributed by atoms with van der Waals surface area (Å²) >= 11 is 6.14. The molecular weight excluding hydrogens is 340 g/mol. The number of ether oxygens (including phenoxy) is 1. The van der Waals surface area contributed by atoms with Crippen molar-refractivity contribution < 1.29 is 14.1 Å². The lowest BCUT2D eigenvalue weighted by atomic mass is 10.1. The zero-order valence-corrected chi connectivity index (χ0v) is 14.6. The van der Waals surface area contributed by atoms with E-state index in [4.69, 9.17) is 20.9 Å². The van der Waals surface area contributed by atoms with Crippen LogP contribution in [-0.4, -0.2) is 17.2 Å². The average molecular weight is 357 g/mol. The molecule has 25 heavy (non-hydrogen) atoms. The summed E-state index contributed by atoms with van der Waals surface area (Å²) in [6.45, 7) is 3.89. The maximum absolute atomic E-state index is 12.3. The van der Waals surface area contributed by atoms with Gasteiger partial charge < -0.3 is 9.26 Å². The van der Waals surface area contributed by atoms with Crippen LogP contribution in [0.4, 0.5) is 5.88 Å². The number of carbonyl (C=O) groups excluding carboxylic acids is 1. The molecule has 0 bridgehead atoms. The second kappa shape index (κ2) is 7.40. The minimum atomic E-state index is -0.294. The number of nitrogens with zero attached hydrogens (tertiary/aromatic N) is 1. The molecule has 0 saturated heterocycles. The van der Waals surface area contributed by atoms with Crippen molar-refractivity contribution in [3.8, 4) is 17.0 Å². The number of benzene rings is 2. The SMILES string of the molecule is CC(C)Oc1ccc(C(=O)Nc2cc(-c3ccccc3Cl)no2)cc1. The van der Waals surface area contributed by atoms with Crippen LogP contribution < -0.4 is 10.1 Å². The number of carbonyl (C=O) groups is 1. The summed E-state index contributed by atoms with van der Waals surface area (Å²) in [5.41, 5.74) is 1.79. The lowest BCUT2D eigenvalue weighted by Gasteiger charge is -2.09. The second-order valence-corrected chi connectivity index (χ2v) is 6.11. The lowest BCUT2D eigenvalue weighted by molar-refractivity contribution is 0.102. The van der Waals surface area contributed by atoms with Gasteiger partial charge in [0.15, 0.2) is 0 Å².